The molecular weight excluding hydrogens is 468 g/mol. The molecule has 2 aliphatic carbocycles. The van der Waals surface area contributed by atoms with Gasteiger partial charge >= 0.3 is 0 Å². The maximum absolute atomic E-state index is 6.61. The van der Waals surface area contributed by atoms with Gasteiger partial charge in [-0.25, -0.2) is 0 Å². The van der Waals surface area contributed by atoms with Gasteiger partial charge in [-0.2, -0.15) is 0 Å². The molecule has 154 valence electrons. The molecule has 0 saturated carbocycles. The van der Waals surface area contributed by atoms with Crippen molar-refractivity contribution in [1.82, 2.24) is 0 Å². The van der Waals surface area contributed by atoms with Gasteiger partial charge in [0.05, 0.1) is 9.89 Å². The third-order valence-corrected chi connectivity index (χ3v) is 8.20. The fourth-order valence-electron chi connectivity index (χ4n) is 6.40. The molecule has 8 rings (SSSR count). The van der Waals surface area contributed by atoms with Crippen molar-refractivity contribution in [2.75, 3.05) is 0 Å². The molecule has 0 radical (unpaired) electrons. The largest absolute Gasteiger partial charge is 0.454 e. The van der Waals surface area contributed by atoms with Crippen molar-refractivity contribution in [2.45, 2.75) is 5.41 Å². The van der Waals surface area contributed by atoms with E-state index < -0.39 is 0 Å². The van der Waals surface area contributed by atoms with E-state index >= 15 is 0 Å². The summed E-state index contributed by atoms with van der Waals surface area (Å²) in [4.78, 5) is 0. The van der Waals surface area contributed by atoms with E-state index in [-0.39, 0.29) is 5.41 Å². The molecule has 2 heteroatoms. The molecule has 1 spiro atoms. The number of hydrogen-bond donors (Lipinski definition) is 0. The molecule has 0 amide bonds. The van der Waals surface area contributed by atoms with E-state index in [1.807, 2.05) is 6.07 Å². The van der Waals surface area contributed by atoms with Crippen molar-refractivity contribution < 1.29 is 4.42 Å². The highest BCUT2D eigenvalue weighted by molar-refractivity contribution is 9.10. The van der Waals surface area contributed by atoms with Gasteiger partial charge < -0.3 is 4.42 Å². The number of para-hydroxylation sites is 1. The van der Waals surface area contributed by atoms with Crippen LogP contribution >= 0.6 is 15.9 Å². The molecule has 33 heavy (non-hydrogen) atoms. The highest BCUT2D eigenvalue weighted by Gasteiger charge is 2.52. The Balaban J connectivity index is 1.62. The van der Waals surface area contributed by atoms with Crippen LogP contribution < -0.4 is 0 Å². The first-order valence-corrected chi connectivity index (χ1v) is 12.0. The van der Waals surface area contributed by atoms with E-state index in [0.717, 1.165) is 26.4 Å². The second-order valence-corrected chi connectivity index (χ2v) is 9.82. The van der Waals surface area contributed by atoms with E-state index in [9.17, 15) is 0 Å². The number of furan rings is 1. The third kappa shape index (κ3) is 1.96. The lowest BCUT2D eigenvalue weighted by molar-refractivity contribution is 0.667. The molecule has 0 saturated heterocycles. The highest BCUT2D eigenvalue weighted by atomic mass is 79.9. The van der Waals surface area contributed by atoms with Crippen LogP contribution in [0.25, 0.3) is 44.2 Å². The highest BCUT2D eigenvalue weighted by Crippen LogP contribution is 2.63. The second kappa shape index (κ2) is 6.03. The SMILES string of the molecule is Brc1cccc2c1oc1c3c(ccc12)C1(c2ccccc2-c2ccccc21)c1ccccc1-3. The van der Waals surface area contributed by atoms with Crippen molar-refractivity contribution in [3.05, 3.63) is 130 Å². The monoisotopic (exact) mass is 484 g/mol. The lowest BCUT2D eigenvalue weighted by atomic mass is 9.70. The summed E-state index contributed by atoms with van der Waals surface area (Å²) in [6.45, 7) is 0. The zero-order valence-corrected chi connectivity index (χ0v) is 19.2. The average molecular weight is 485 g/mol. The van der Waals surface area contributed by atoms with Crippen LogP contribution in [0, 0.1) is 0 Å². The number of rotatable bonds is 0. The summed E-state index contributed by atoms with van der Waals surface area (Å²) >= 11 is 3.70. The molecule has 6 aromatic rings. The first-order chi connectivity index (χ1) is 16.3. The van der Waals surface area contributed by atoms with E-state index in [4.69, 9.17) is 4.42 Å². The van der Waals surface area contributed by atoms with Crippen LogP contribution in [-0.2, 0) is 5.41 Å². The van der Waals surface area contributed by atoms with E-state index in [2.05, 4.69) is 113 Å². The summed E-state index contributed by atoms with van der Waals surface area (Å²) in [5.41, 5.74) is 12.0. The second-order valence-electron chi connectivity index (χ2n) is 8.97. The van der Waals surface area contributed by atoms with Gasteiger partial charge in [0.25, 0.3) is 0 Å². The molecular formula is C31H17BrO. The molecule has 0 N–H and O–H groups in total. The van der Waals surface area contributed by atoms with E-state index in [1.54, 1.807) is 0 Å². The van der Waals surface area contributed by atoms with Crippen LogP contribution in [-0.4, -0.2) is 0 Å². The summed E-state index contributed by atoms with van der Waals surface area (Å²) < 4.78 is 7.60. The zero-order valence-electron chi connectivity index (χ0n) is 17.6. The van der Waals surface area contributed by atoms with Crippen LogP contribution in [0.5, 0.6) is 0 Å². The average Bonchev–Trinajstić information content (AvgIpc) is 3.49. The molecule has 0 unspecified atom stereocenters. The van der Waals surface area contributed by atoms with Crippen LogP contribution in [0.1, 0.15) is 22.3 Å². The normalized spacial score (nSPS) is 14.5. The van der Waals surface area contributed by atoms with Gasteiger partial charge in [-0.15, -0.1) is 0 Å². The zero-order chi connectivity index (χ0) is 21.7. The van der Waals surface area contributed by atoms with Crippen LogP contribution in [0.3, 0.4) is 0 Å². The smallest absolute Gasteiger partial charge is 0.149 e. The predicted molar refractivity (Wildman–Crippen MR) is 138 cm³/mol. The summed E-state index contributed by atoms with van der Waals surface area (Å²) in [7, 11) is 0. The van der Waals surface area contributed by atoms with Crippen molar-refractivity contribution >= 4 is 37.9 Å². The molecule has 5 aromatic carbocycles. The number of fused-ring (bicyclic) bond motifs is 14. The molecule has 2 aliphatic rings. The van der Waals surface area contributed by atoms with Gasteiger partial charge in [-0.1, -0.05) is 97.1 Å². The summed E-state index contributed by atoms with van der Waals surface area (Å²) in [5.74, 6) is 0. The Labute approximate surface area is 199 Å². The summed E-state index contributed by atoms with van der Waals surface area (Å²) in [5, 5.41) is 2.31. The predicted octanol–water partition coefficient (Wildman–Crippen LogP) is 8.69. The molecule has 0 fully saturated rings. The van der Waals surface area contributed by atoms with Crippen LogP contribution in [0.4, 0.5) is 0 Å². The van der Waals surface area contributed by atoms with Crippen molar-refractivity contribution in [1.29, 1.82) is 0 Å². The lowest BCUT2D eigenvalue weighted by Gasteiger charge is -2.30. The maximum atomic E-state index is 6.61. The Morgan fingerprint density at radius 2 is 1.06 bits per heavy atom. The fraction of sp³-hybridized carbons (Fsp3) is 0.0323. The summed E-state index contributed by atoms with van der Waals surface area (Å²) in [6, 6.07) is 37.5. The first-order valence-electron chi connectivity index (χ1n) is 11.2. The fourth-order valence-corrected chi connectivity index (χ4v) is 6.84. The van der Waals surface area contributed by atoms with Crippen molar-refractivity contribution in [3.63, 3.8) is 0 Å². The van der Waals surface area contributed by atoms with E-state index in [0.29, 0.717) is 0 Å². The van der Waals surface area contributed by atoms with Crippen molar-refractivity contribution in [3.8, 4) is 22.3 Å². The Bertz CT molecular complexity index is 1740. The van der Waals surface area contributed by atoms with Gasteiger partial charge in [0.2, 0.25) is 0 Å². The molecule has 0 aliphatic heterocycles. The number of halogens is 1. The summed E-state index contributed by atoms with van der Waals surface area (Å²) in [6.07, 6.45) is 0. The Hall–Kier alpha value is -3.62. The minimum absolute atomic E-state index is 0.330. The van der Waals surface area contributed by atoms with Crippen molar-refractivity contribution in [2.24, 2.45) is 0 Å². The minimum atomic E-state index is -0.330. The molecule has 1 heterocycles. The Kier molecular flexibility index (Phi) is 3.27. The van der Waals surface area contributed by atoms with Gasteiger partial charge in [0.15, 0.2) is 0 Å². The van der Waals surface area contributed by atoms with Gasteiger partial charge in [0.1, 0.15) is 11.2 Å². The van der Waals surface area contributed by atoms with Gasteiger partial charge in [-0.3, -0.25) is 0 Å². The molecule has 0 atom stereocenters. The molecule has 1 aromatic heterocycles. The Morgan fingerprint density at radius 1 is 0.485 bits per heavy atom. The third-order valence-electron chi connectivity index (χ3n) is 7.58. The standard InChI is InChI=1S/C31H17BrO/c32-27-15-7-11-20-21-16-17-26-28(30(21)33-29(20)27)22-10-3-6-14-25(22)31(26)23-12-4-1-8-18(23)19-9-2-5-13-24(19)31/h1-17H. The molecule has 0 bridgehead atoms. The lowest BCUT2D eigenvalue weighted by Crippen LogP contribution is -2.25. The minimum Gasteiger partial charge on any atom is -0.454 e. The quantitative estimate of drug-likeness (QED) is 0.209. The van der Waals surface area contributed by atoms with E-state index in [1.165, 1.54) is 44.5 Å². The molecule has 1 nitrogen and oxygen atoms in total. The van der Waals surface area contributed by atoms with Gasteiger partial charge in [0, 0.05) is 16.3 Å². The number of benzene rings is 5. The van der Waals surface area contributed by atoms with Crippen LogP contribution in [0.2, 0.25) is 0 Å². The maximum Gasteiger partial charge on any atom is 0.149 e. The van der Waals surface area contributed by atoms with Gasteiger partial charge in [-0.05, 0) is 60.9 Å². The topological polar surface area (TPSA) is 13.1 Å². The number of hydrogen-bond acceptors (Lipinski definition) is 1. The first kappa shape index (κ1) is 17.9. The van der Waals surface area contributed by atoms with Crippen LogP contribution in [0.15, 0.2) is 112 Å². The Morgan fingerprint density at radius 3 is 1.76 bits per heavy atom.